The number of benzene rings is 1. The molecule has 3 rings (SSSR count). The maximum Gasteiger partial charge on any atom is 0.227 e. The van der Waals surface area contributed by atoms with E-state index in [1.54, 1.807) is 0 Å². The number of carbonyl (C=O) groups is 2. The van der Waals surface area contributed by atoms with Crippen molar-refractivity contribution < 1.29 is 9.59 Å². The van der Waals surface area contributed by atoms with Gasteiger partial charge in [-0.2, -0.15) is 5.21 Å². The summed E-state index contributed by atoms with van der Waals surface area (Å²) in [5.74, 6) is 0.124. The molecule has 2 unspecified atom stereocenters. The highest BCUT2D eigenvalue weighted by molar-refractivity contribution is 5.84. The first kappa shape index (κ1) is 16.1. The van der Waals surface area contributed by atoms with Crippen LogP contribution in [0, 0.1) is 0 Å². The maximum atomic E-state index is 12.4. The van der Waals surface area contributed by atoms with Gasteiger partial charge >= 0.3 is 0 Å². The normalized spacial score (nSPS) is 21.3. The van der Waals surface area contributed by atoms with Crippen LogP contribution >= 0.6 is 0 Å². The lowest BCUT2D eigenvalue weighted by atomic mass is 9.96. The smallest absolute Gasteiger partial charge is 0.227 e. The van der Waals surface area contributed by atoms with Crippen molar-refractivity contribution in [2.24, 2.45) is 0 Å². The highest BCUT2D eigenvalue weighted by atomic mass is 16.2. The summed E-state index contributed by atoms with van der Waals surface area (Å²) < 4.78 is 0. The van der Waals surface area contributed by atoms with E-state index in [1.165, 1.54) is 0 Å². The average Bonchev–Trinajstić information content (AvgIpc) is 3.22. The number of tetrazole rings is 1. The van der Waals surface area contributed by atoms with Crippen LogP contribution in [0.15, 0.2) is 24.3 Å². The van der Waals surface area contributed by atoms with Crippen molar-refractivity contribution in [3.8, 4) is 11.4 Å². The summed E-state index contributed by atoms with van der Waals surface area (Å²) in [5.41, 5.74) is 1.31. The molecule has 1 fully saturated rings. The number of nitrogens with one attached hydrogen (secondary N) is 3. The van der Waals surface area contributed by atoms with Crippen LogP contribution in [-0.4, -0.2) is 44.5 Å². The Labute approximate surface area is 139 Å². The molecule has 1 saturated heterocycles. The Morgan fingerprint density at radius 2 is 2.29 bits per heavy atom. The molecule has 1 aromatic carbocycles. The number of carbonyl (C=O) groups excluding carboxylic acids is 2. The van der Waals surface area contributed by atoms with Gasteiger partial charge in [-0.3, -0.25) is 9.59 Å². The van der Waals surface area contributed by atoms with Crippen molar-refractivity contribution in [1.82, 2.24) is 31.3 Å². The van der Waals surface area contributed by atoms with Gasteiger partial charge in [0, 0.05) is 18.5 Å². The fourth-order valence-corrected chi connectivity index (χ4v) is 2.80. The van der Waals surface area contributed by atoms with E-state index in [-0.39, 0.29) is 23.3 Å². The SMILES string of the molecule is CC(C(=O)NCC1(C)CCC(=O)N1)c1cccc(-c2nn[nH]n2)c1. The summed E-state index contributed by atoms with van der Waals surface area (Å²) in [6.07, 6.45) is 1.24. The lowest BCUT2D eigenvalue weighted by Gasteiger charge is -2.25. The Bertz CT molecular complexity index is 745. The van der Waals surface area contributed by atoms with Gasteiger partial charge in [-0.05, 0) is 37.1 Å². The molecule has 126 valence electrons. The van der Waals surface area contributed by atoms with Crippen molar-refractivity contribution in [2.75, 3.05) is 6.54 Å². The Hall–Kier alpha value is -2.77. The second kappa shape index (κ2) is 6.38. The molecule has 2 atom stereocenters. The zero-order chi connectivity index (χ0) is 17.2. The van der Waals surface area contributed by atoms with E-state index in [2.05, 4.69) is 31.3 Å². The number of aromatic amines is 1. The Kier molecular flexibility index (Phi) is 4.28. The van der Waals surface area contributed by atoms with Gasteiger partial charge in [0.05, 0.1) is 11.5 Å². The van der Waals surface area contributed by atoms with Crippen LogP contribution in [0.25, 0.3) is 11.4 Å². The molecule has 0 saturated carbocycles. The van der Waals surface area contributed by atoms with Crippen molar-refractivity contribution in [2.45, 2.75) is 38.1 Å². The molecule has 8 heteroatoms. The van der Waals surface area contributed by atoms with Crippen LogP contribution < -0.4 is 10.6 Å². The Balaban J connectivity index is 1.65. The van der Waals surface area contributed by atoms with Crippen molar-refractivity contribution in [3.05, 3.63) is 29.8 Å². The minimum absolute atomic E-state index is 0.0348. The monoisotopic (exact) mass is 328 g/mol. The fourth-order valence-electron chi connectivity index (χ4n) is 2.80. The second-order valence-corrected chi connectivity index (χ2v) is 6.41. The molecule has 2 heterocycles. The van der Waals surface area contributed by atoms with Crippen molar-refractivity contribution in [1.29, 1.82) is 0 Å². The van der Waals surface area contributed by atoms with E-state index in [9.17, 15) is 9.59 Å². The highest BCUT2D eigenvalue weighted by Gasteiger charge is 2.33. The first-order valence-electron chi connectivity index (χ1n) is 7.89. The van der Waals surface area contributed by atoms with E-state index in [0.29, 0.717) is 18.8 Å². The molecule has 0 bridgehead atoms. The van der Waals surface area contributed by atoms with Crippen LogP contribution in [0.4, 0.5) is 0 Å². The zero-order valence-corrected chi connectivity index (χ0v) is 13.7. The molecule has 3 N–H and O–H groups in total. The molecule has 0 spiro atoms. The molecule has 2 aromatic rings. The van der Waals surface area contributed by atoms with Crippen LogP contribution in [-0.2, 0) is 9.59 Å². The Morgan fingerprint density at radius 3 is 2.96 bits per heavy atom. The quantitative estimate of drug-likeness (QED) is 0.750. The van der Waals surface area contributed by atoms with E-state index in [0.717, 1.165) is 17.5 Å². The number of amides is 2. The van der Waals surface area contributed by atoms with Gasteiger partial charge < -0.3 is 10.6 Å². The number of aromatic nitrogens is 4. The van der Waals surface area contributed by atoms with Crippen LogP contribution in [0.3, 0.4) is 0 Å². The third-order valence-electron chi connectivity index (χ3n) is 4.38. The lowest BCUT2D eigenvalue weighted by Crippen LogP contribution is -2.49. The first-order chi connectivity index (χ1) is 11.5. The first-order valence-corrected chi connectivity index (χ1v) is 7.89. The van der Waals surface area contributed by atoms with Gasteiger partial charge in [0.15, 0.2) is 0 Å². The topological polar surface area (TPSA) is 113 Å². The molecular weight excluding hydrogens is 308 g/mol. The minimum Gasteiger partial charge on any atom is -0.353 e. The molecule has 24 heavy (non-hydrogen) atoms. The molecule has 0 aliphatic carbocycles. The van der Waals surface area contributed by atoms with Gasteiger partial charge in [0.1, 0.15) is 0 Å². The molecule has 1 aliphatic heterocycles. The van der Waals surface area contributed by atoms with Crippen molar-refractivity contribution in [3.63, 3.8) is 0 Å². The van der Waals surface area contributed by atoms with E-state index >= 15 is 0 Å². The van der Waals surface area contributed by atoms with Gasteiger partial charge in [-0.1, -0.05) is 18.2 Å². The summed E-state index contributed by atoms with van der Waals surface area (Å²) in [6, 6.07) is 7.51. The molecule has 1 aliphatic rings. The molecule has 8 nitrogen and oxygen atoms in total. The van der Waals surface area contributed by atoms with E-state index < -0.39 is 0 Å². The largest absolute Gasteiger partial charge is 0.353 e. The maximum absolute atomic E-state index is 12.4. The van der Waals surface area contributed by atoms with Crippen LogP contribution in [0.5, 0.6) is 0 Å². The van der Waals surface area contributed by atoms with Crippen molar-refractivity contribution >= 4 is 11.8 Å². The predicted octanol–water partition coefficient (Wildman–Crippen LogP) is 0.755. The summed E-state index contributed by atoms with van der Waals surface area (Å²) in [4.78, 5) is 23.8. The summed E-state index contributed by atoms with van der Waals surface area (Å²) in [7, 11) is 0. The fraction of sp³-hybridized carbons (Fsp3) is 0.438. The average molecular weight is 328 g/mol. The summed E-state index contributed by atoms with van der Waals surface area (Å²) >= 11 is 0. The van der Waals surface area contributed by atoms with Crippen LogP contribution in [0.1, 0.15) is 38.2 Å². The lowest BCUT2D eigenvalue weighted by molar-refractivity contribution is -0.123. The van der Waals surface area contributed by atoms with E-state index in [4.69, 9.17) is 0 Å². The number of rotatable bonds is 5. The Morgan fingerprint density at radius 1 is 1.46 bits per heavy atom. The number of nitrogens with zero attached hydrogens (tertiary/aromatic N) is 3. The summed E-state index contributed by atoms with van der Waals surface area (Å²) in [6.45, 7) is 4.21. The number of hydrogen-bond donors (Lipinski definition) is 3. The van der Waals surface area contributed by atoms with Gasteiger partial charge in [-0.25, -0.2) is 0 Å². The molecule has 1 aromatic heterocycles. The molecule has 2 amide bonds. The standard InChI is InChI=1S/C16H20N6O2/c1-10(15(24)17-9-16(2)7-6-13(23)18-16)11-4-3-5-12(8-11)14-19-21-22-20-14/h3-5,8,10H,6-7,9H2,1-2H3,(H,17,24)(H,18,23)(H,19,20,21,22). The van der Waals surface area contributed by atoms with Crippen LogP contribution in [0.2, 0.25) is 0 Å². The molecular formula is C16H20N6O2. The number of H-pyrrole nitrogens is 1. The second-order valence-electron chi connectivity index (χ2n) is 6.41. The van der Waals surface area contributed by atoms with Gasteiger partial charge in [-0.15, -0.1) is 10.2 Å². The summed E-state index contributed by atoms with van der Waals surface area (Å²) in [5, 5.41) is 19.7. The molecule has 0 radical (unpaired) electrons. The van der Waals surface area contributed by atoms with Gasteiger partial charge in [0.25, 0.3) is 0 Å². The van der Waals surface area contributed by atoms with Gasteiger partial charge in [0.2, 0.25) is 17.6 Å². The minimum atomic E-state index is -0.362. The number of hydrogen-bond acceptors (Lipinski definition) is 5. The third-order valence-corrected chi connectivity index (χ3v) is 4.38. The predicted molar refractivity (Wildman–Crippen MR) is 86.8 cm³/mol. The zero-order valence-electron chi connectivity index (χ0n) is 13.7. The highest BCUT2D eigenvalue weighted by Crippen LogP contribution is 2.22. The van der Waals surface area contributed by atoms with E-state index in [1.807, 2.05) is 38.1 Å². The third kappa shape index (κ3) is 3.42.